The molecule has 2 heterocycles. The SMILES string of the molecule is O=C(NC(c1ccccc1)c1ccco1)N1CCc2ccccc2C1. The third kappa shape index (κ3) is 3.29. The van der Waals surface area contributed by atoms with Gasteiger partial charge in [-0.3, -0.25) is 0 Å². The number of nitrogens with one attached hydrogen (secondary N) is 1. The van der Waals surface area contributed by atoms with Gasteiger partial charge < -0.3 is 14.6 Å². The fourth-order valence-electron chi connectivity index (χ4n) is 3.30. The van der Waals surface area contributed by atoms with Crippen LogP contribution < -0.4 is 5.32 Å². The summed E-state index contributed by atoms with van der Waals surface area (Å²) in [6, 6.07) is 21.6. The van der Waals surface area contributed by atoms with Crippen LogP contribution in [0, 0.1) is 0 Å². The molecule has 1 unspecified atom stereocenters. The van der Waals surface area contributed by atoms with E-state index in [0.717, 1.165) is 24.3 Å². The van der Waals surface area contributed by atoms with Crippen LogP contribution in [0.15, 0.2) is 77.4 Å². The lowest BCUT2D eigenvalue weighted by Crippen LogP contribution is -2.44. The number of furan rings is 1. The summed E-state index contributed by atoms with van der Waals surface area (Å²) in [6.45, 7) is 1.37. The monoisotopic (exact) mass is 332 g/mol. The van der Waals surface area contributed by atoms with Gasteiger partial charge in [0.25, 0.3) is 0 Å². The highest BCUT2D eigenvalue weighted by molar-refractivity contribution is 5.75. The summed E-state index contributed by atoms with van der Waals surface area (Å²) in [6.07, 6.45) is 2.52. The molecule has 0 bridgehead atoms. The number of rotatable bonds is 3. The highest BCUT2D eigenvalue weighted by Crippen LogP contribution is 2.24. The minimum Gasteiger partial charge on any atom is -0.467 e. The molecule has 4 rings (SSSR count). The molecule has 4 heteroatoms. The number of nitrogens with zero attached hydrogens (tertiary/aromatic N) is 1. The summed E-state index contributed by atoms with van der Waals surface area (Å²) in [5.74, 6) is 0.733. The third-order valence-corrected chi connectivity index (χ3v) is 4.65. The summed E-state index contributed by atoms with van der Waals surface area (Å²) in [5, 5.41) is 3.13. The van der Waals surface area contributed by atoms with E-state index in [-0.39, 0.29) is 12.1 Å². The largest absolute Gasteiger partial charge is 0.467 e. The predicted octanol–water partition coefficient (Wildman–Crippen LogP) is 4.14. The van der Waals surface area contributed by atoms with Gasteiger partial charge in [-0.25, -0.2) is 4.79 Å². The number of hydrogen-bond donors (Lipinski definition) is 1. The highest BCUT2D eigenvalue weighted by atomic mass is 16.3. The molecule has 0 saturated carbocycles. The van der Waals surface area contributed by atoms with Crippen LogP contribution in [0.3, 0.4) is 0 Å². The molecule has 4 nitrogen and oxygen atoms in total. The van der Waals surface area contributed by atoms with Crippen LogP contribution >= 0.6 is 0 Å². The van der Waals surface area contributed by atoms with Crippen molar-refractivity contribution in [2.24, 2.45) is 0 Å². The average Bonchev–Trinajstić information content (AvgIpc) is 3.20. The number of benzene rings is 2. The molecule has 126 valence electrons. The van der Waals surface area contributed by atoms with Crippen LogP contribution in [0.4, 0.5) is 4.79 Å². The van der Waals surface area contributed by atoms with E-state index in [1.54, 1.807) is 6.26 Å². The Morgan fingerprint density at radius 1 is 0.960 bits per heavy atom. The predicted molar refractivity (Wildman–Crippen MR) is 96.1 cm³/mol. The van der Waals surface area contributed by atoms with Crippen molar-refractivity contribution in [2.45, 2.75) is 19.0 Å². The number of fused-ring (bicyclic) bond motifs is 1. The number of carbonyl (C=O) groups is 1. The number of urea groups is 1. The van der Waals surface area contributed by atoms with E-state index in [4.69, 9.17) is 4.42 Å². The van der Waals surface area contributed by atoms with Gasteiger partial charge in [0.05, 0.1) is 6.26 Å². The Labute approximate surface area is 147 Å². The average molecular weight is 332 g/mol. The Hall–Kier alpha value is -3.01. The molecule has 2 aromatic carbocycles. The number of amides is 2. The molecular formula is C21H20N2O2. The molecule has 0 saturated heterocycles. The van der Waals surface area contributed by atoms with E-state index in [0.29, 0.717) is 6.54 Å². The Kier molecular flexibility index (Phi) is 4.25. The Morgan fingerprint density at radius 3 is 2.48 bits per heavy atom. The van der Waals surface area contributed by atoms with E-state index < -0.39 is 0 Å². The lowest BCUT2D eigenvalue weighted by atomic mass is 10.00. The molecule has 1 aliphatic rings. The first-order valence-corrected chi connectivity index (χ1v) is 8.52. The van der Waals surface area contributed by atoms with Gasteiger partial charge in [0.15, 0.2) is 0 Å². The fraction of sp³-hybridized carbons (Fsp3) is 0.190. The molecule has 3 aromatic rings. The molecule has 1 atom stereocenters. The molecule has 1 N–H and O–H groups in total. The molecule has 0 radical (unpaired) electrons. The maximum atomic E-state index is 12.9. The van der Waals surface area contributed by atoms with Gasteiger partial charge in [0, 0.05) is 13.1 Å². The van der Waals surface area contributed by atoms with Gasteiger partial charge in [-0.05, 0) is 35.2 Å². The number of hydrogen-bond acceptors (Lipinski definition) is 2. The van der Waals surface area contributed by atoms with Crippen molar-refractivity contribution in [2.75, 3.05) is 6.54 Å². The summed E-state index contributed by atoms with van der Waals surface area (Å²) in [5.41, 5.74) is 3.55. The lowest BCUT2D eigenvalue weighted by Gasteiger charge is -2.30. The molecule has 0 spiro atoms. The second kappa shape index (κ2) is 6.85. The van der Waals surface area contributed by atoms with E-state index in [2.05, 4.69) is 23.5 Å². The van der Waals surface area contributed by atoms with Crippen LogP contribution in [-0.2, 0) is 13.0 Å². The zero-order valence-corrected chi connectivity index (χ0v) is 13.9. The summed E-state index contributed by atoms with van der Waals surface area (Å²) < 4.78 is 5.56. The molecule has 25 heavy (non-hydrogen) atoms. The van der Waals surface area contributed by atoms with Crippen LogP contribution in [-0.4, -0.2) is 17.5 Å². The Morgan fingerprint density at radius 2 is 1.72 bits per heavy atom. The summed E-state index contributed by atoms with van der Waals surface area (Å²) >= 11 is 0. The van der Waals surface area contributed by atoms with E-state index in [1.165, 1.54) is 11.1 Å². The maximum absolute atomic E-state index is 12.9. The quantitative estimate of drug-likeness (QED) is 0.783. The lowest BCUT2D eigenvalue weighted by molar-refractivity contribution is 0.188. The minimum absolute atomic E-state index is 0.0697. The van der Waals surface area contributed by atoms with Crippen molar-refractivity contribution in [3.8, 4) is 0 Å². The third-order valence-electron chi connectivity index (χ3n) is 4.65. The van der Waals surface area contributed by atoms with E-state index in [9.17, 15) is 4.79 Å². The van der Waals surface area contributed by atoms with E-state index in [1.807, 2.05) is 53.4 Å². The second-order valence-corrected chi connectivity index (χ2v) is 6.25. The van der Waals surface area contributed by atoms with Gasteiger partial charge in [0.1, 0.15) is 11.8 Å². The standard InChI is InChI=1S/C21H20N2O2/c24-21(23-13-12-16-7-4-5-10-18(16)15-23)22-20(19-11-6-14-25-19)17-8-2-1-3-9-17/h1-11,14,20H,12-13,15H2,(H,22,24). The first kappa shape index (κ1) is 15.5. The van der Waals surface area contributed by atoms with Crippen molar-refractivity contribution in [3.05, 3.63) is 95.4 Å². The summed E-state index contributed by atoms with van der Waals surface area (Å²) in [4.78, 5) is 14.7. The molecule has 0 fully saturated rings. The van der Waals surface area contributed by atoms with Crippen molar-refractivity contribution in [1.29, 1.82) is 0 Å². The van der Waals surface area contributed by atoms with Crippen LogP contribution in [0.5, 0.6) is 0 Å². The minimum atomic E-state index is -0.291. The molecule has 1 aliphatic heterocycles. The topological polar surface area (TPSA) is 45.5 Å². The first-order valence-electron chi connectivity index (χ1n) is 8.52. The van der Waals surface area contributed by atoms with Gasteiger partial charge in [-0.2, -0.15) is 0 Å². The normalized spacial score (nSPS) is 14.6. The summed E-state index contributed by atoms with van der Waals surface area (Å²) in [7, 11) is 0. The smallest absolute Gasteiger partial charge is 0.318 e. The molecular weight excluding hydrogens is 312 g/mol. The van der Waals surface area contributed by atoms with Crippen molar-refractivity contribution in [3.63, 3.8) is 0 Å². The van der Waals surface area contributed by atoms with Gasteiger partial charge in [-0.15, -0.1) is 0 Å². The second-order valence-electron chi connectivity index (χ2n) is 6.25. The van der Waals surface area contributed by atoms with Crippen LogP contribution in [0.25, 0.3) is 0 Å². The van der Waals surface area contributed by atoms with E-state index >= 15 is 0 Å². The maximum Gasteiger partial charge on any atom is 0.318 e. The van der Waals surface area contributed by atoms with Gasteiger partial charge in [-0.1, -0.05) is 54.6 Å². The van der Waals surface area contributed by atoms with Crippen LogP contribution in [0.2, 0.25) is 0 Å². The zero-order chi connectivity index (χ0) is 17.1. The molecule has 1 aromatic heterocycles. The Bertz CT molecular complexity index is 843. The van der Waals surface area contributed by atoms with Crippen molar-refractivity contribution >= 4 is 6.03 Å². The van der Waals surface area contributed by atoms with Crippen molar-refractivity contribution in [1.82, 2.24) is 10.2 Å². The van der Waals surface area contributed by atoms with Gasteiger partial charge >= 0.3 is 6.03 Å². The molecule has 2 amide bonds. The molecule has 0 aliphatic carbocycles. The fourth-order valence-corrected chi connectivity index (χ4v) is 3.30. The van der Waals surface area contributed by atoms with Gasteiger partial charge in [0.2, 0.25) is 0 Å². The van der Waals surface area contributed by atoms with Crippen LogP contribution in [0.1, 0.15) is 28.5 Å². The zero-order valence-electron chi connectivity index (χ0n) is 13.9. The highest BCUT2D eigenvalue weighted by Gasteiger charge is 2.25. The van der Waals surface area contributed by atoms with Crippen molar-refractivity contribution < 1.29 is 9.21 Å². The first-order chi connectivity index (χ1) is 12.3. The number of carbonyl (C=O) groups excluding carboxylic acids is 1. The Balaban J connectivity index is 1.54.